The third-order valence-corrected chi connectivity index (χ3v) is 6.22. The van der Waals surface area contributed by atoms with Crippen molar-refractivity contribution in [2.24, 2.45) is 5.92 Å². The van der Waals surface area contributed by atoms with E-state index in [1.807, 2.05) is 13.8 Å². The summed E-state index contributed by atoms with van der Waals surface area (Å²) >= 11 is 1.36. The van der Waals surface area contributed by atoms with Crippen LogP contribution in [0.25, 0.3) is 0 Å². The smallest absolute Gasteiger partial charge is 0.250 e. The first-order valence-electron chi connectivity index (χ1n) is 7.16. The van der Waals surface area contributed by atoms with E-state index in [-0.39, 0.29) is 0 Å². The zero-order chi connectivity index (χ0) is 15.2. The van der Waals surface area contributed by atoms with Crippen molar-refractivity contribution >= 4 is 21.4 Å². The first-order valence-corrected chi connectivity index (χ1v) is 9.46. The van der Waals surface area contributed by atoms with E-state index in [4.69, 9.17) is 0 Å². The Labute approximate surface area is 127 Å². The lowest BCUT2D eigenvalue weighted by molar-refractivity contribution is 0.540. The summed E-state index contributed by atoms with van der Waals surface area (Å²) in [6.07, 6.45) is 1.92. The summed E-state index contributed by atoms with van der Waals surface area (Å²) in [4.78, 5) is 1.09. The van der Waals surface area contributed by atoms with Gasteiger partial charge in [-0.15, -0.1) is 11.3 Å². The highest BCUT2D eigenvalue weighted by Crippen LogP contribution is 2.25. The van der Waals surface area contributed by atoms with Gasteiger partial charge in [-0.3, -0.25) is 0 Å². The zero-order valence-electron chi connectivity index (χ0n) is 12.8. The topological polar surface area (TPSA) is 58.2 Å². The average Bonchev–Trinajstić information content (AvgIpc) is 2.74. The second-order valence-corrected chi connectivity index (χ2v) is 8.52. The number of nitrogens with one attached hydrogen (secondary N) is 2. The Morgan fingerprint density at radius 3 is 2.65 bits per heavy atom. The van der Waals surface area contributed by atoms with E-state index in [2.05, 4.69) is 23.9 Å². The molecule has 1 aromatic heterocycles. The van der Waals surface area contributed by atoms with Crippen LogP contribution < -0.4 is 10.0 Å². The van der Waals surface area contributed by atoms with E-state index in [1.54, 1.807) is 6.07 Å². The van der Waals surface area contributed by atoms with Crippen molar-refractivity contribution in [1.82, 2.24) is 10.0 Å². The molecule has 0 unspecified atom stereocenters. The van der Waals surface area contributed by atoms with Gasteiger partial charge in [-0.2, -0.15) is 0 Å². The van der Waals surface area contributed by atoms with Gasteiger partial charge in [0, 0.05) is 18.0 Å². The molecular formula is C14H26N2O2S2. The highest BCUT2D eigenvalue weighted by Gasteiger charge is 2.18. The fourth-order valence-corrected chi connectivity index (χ4v) is 4.50. The highest BCUT2D eigenvalue weighted by atomic mass is 32.2. The second-order valence-electron chi connectivity index (χ2n) is 5.39. The number of rotatable bonds is 9. The number of aryl methyl sites for hydroxylation is 1. The molecule has 0 bridgehead atoms. The molecule has 1 heterocycles. The average molecular weight is 319 g/mol. The van der Waals surface area contributed by atoms with Crippen molar-refractivity contribution in [3.63, 3.8) is 0 Å². The summed E-state index contributed by atoms with van der Waals surface area (Å²) in [6, 6.07) is 1.77. The zero-order valence-corrected chi connectivity index (χ0v) is 14.5. The summed E-state index contributed by atoms with van der Waals surface area (Å²) in [5.41, 5.74) is 1.04. The molecule has 2 N–H and O–H groups in total. The maximum atomic E-state index is 12.2. The van der Waals surface area contributed by atoms with E-state index in [0.29, 0.717) is 16.7 Å². The number of hydrogen-bond acceptors (Lipinski definition) is 4. The third kappa shape index (κ3) is 5.52. The molecule has 0 saturated heterocycles. The highest BCUT2D eigenvalue weighted by molar-refractivity contribution is 7.91. The van der Waals surface area contributed by atoms with Gasteiger partial charge in [-0.25, -0.2) is 13.1 Å². The molecule has 0 spiro atoms. The van der Waals surface area contributed by atoms with Crippen molar-refractivity contribution in [1.29, 1.82) is 0 Å². The molecule has 0 fully saturated rings. The Morgan fingerprint density at radius 1 is 1.35 bits per heavy atom. The third-order valence-electron chi connectivity index (χ3n) is 3.05. The Kier molecular flexibility index (Phi) is 7.15. The van der Waals surface area contributed by atoms with E-state index < -0.39 is 10.0 Å². The van der Waals surface area contributed by atoms with Gasteiger partial charge in [0.1, 0.15) is 4.21 Å². The molecule has 116 valence electrons. The SMILES string of the molecule is CCNCc1sc(S(=O)(=O)NCCCC(C)C)cc1C. The largest absolute Gasteiger partial charge is 0.312 e. The fourth-order valence-electron chi connectivity index (χ4n) is 1.82. The first-order chi connectivity index (χ1) is 9.36. The summed E-state index contributed by atoms with van der Waals surface area (Å²) in [6.45, 7) is 10.4. The van der Waals surface area contributed by atoms with Crippen LogP contribution in [0.15, 0.2) is 10.3 Å². The molecule has 0 radical (unpaired) electrons. The molecule has 0 aliphatic heterocycles. The minimum Gasteiger partial charge on any atom is -0.312 e. The lowest BCUT2D eigenvalue weighted by Gasteiger charge is -2.06. The Balaban J connectivity index is 2.63. The van der Waals surface area contributed by atoms with Gasteiger partial charge in [-0.1, -0.05) is 20.8 Å². The summed E-state index contributed by atoms with van der Waals surface area (Å²) in [7, 11) is -3.34. The van der Waals surface area contributed by atoms with Gasteiger partial charge in [-0.05, 0) is 43.9 Å². The second kappa shape index (κ2) is 8.12. The minimum atomic E-state index is -3.34. The van der Waals surface area contributed by atoms with Gasteiger partial charge in [0.05, 0.1) is 0 Å². The predicted octanol–water partition coefficient (Wildman–Crippen LogP) is 2.88. The molecule has 6 heteroatoms. The minimum absolute atomic E-state index is 0.424. The van der Waals surface area contributed by atoms with E-state index >= 15 is 0 Å². The van der Waals surface area contributed by atoms with Crippen molar-refractivity contribution < 1.29 is 8.42 Å². The monoisotopic (exact) mass is 318 g/mol. The van der Waals surface area contributed by atoms with E-state index in [0.717, 1.165) is 36.4 Å². The molecule has 20 heavy (non-hydrogen) atoms. The van der Waals surface area contributed by atoms with Crippen LogP contribution in [0.2, 0.25) is 0 Å². The number of sulfonamides is 1. The quantitative estimate of drug-likeness (QED) is 0.688. The lowest BCUT2D eigenvalue weighted by Crippen LogP contribution is -2.24. The molecule has 0 amide bonds. The van der Waals surface area contributed by atoms with Crippen LogP contribution >= 0.6 is 11.3 Å². The van der Waals surface area contributed by atoms with Crippen LogP contribution in [0.4, 0.5) is 0 Å². The lowest BCUT2D eigenvalue weighted by atomic mass is 10.1. The number of hydrogen-bond donors (Lipinski definition) is 2. The molecule has 1 aromatic rings. The standard InChI is InChI=1S/C14H26N2O2S2/c1-5-15-10-13-12(4)9-14(19-13)20(17,18)16-8-6-7-11(2)3/h9,11,15-16H,5-8,10H2,1-4H3. The molecule has 0 aliphatic carbocycles. The summed E-state index contributed by atoms with van der Waals surface area (Å²) in [5.74, 6) is 0.607. The predicted molar refractivity (Wildman–Crippen MR) is 85.7 cm³/mol. The first kappa shape index (κ1) is 17.6. The normalized spacial score (nSPS) is 12.2. The van der Waals surface area contributed by atoms with Crippen molar-refractivity contribution in [3.8, 4) is 0 Å². The van der Waals surface area contributed by atoms with E-state index in [1.165, 1.54) is 11.3 Å². The molecular weight excluding hydrogens is 292 g/mol. The maximum absolute atomic E-state index is 12.2. The molecule has 0 aromatic carbocycles. The van der Waals surface area contributed by atoms with Gasteiger partial charge in [0.25, 0.3) is 0 Å². The van der Waals surface area contributed by atoms with Crippen LogP contribution in [0.1, 0.15) is 44.1 Å². The van der Waals surface area contributed by atoms with Crippen LogP contribution in [0.3, 0.4) is 0 Å². The van der Waals surface area contributed by atoms with E-state index in [9.17, 15) is 8.42 Å². The van der Waals surface area contributed by atoms with Gasteiger partial charge in [0.2, 0.25) is 10.0 Å². The molecule has 0 aliphatic rings. The fraction of sp³-hybridized carbons (Fsp3) is 0.714. The Morgan fingerprint density at radius 2 is 2.05 bits per heavy atom. The number of thiophene rings is 1. The molecule has 1 rings (SSSR count). The molecule has 0 atom stereocenters. The van der Waals surface area contributed by atoms with Crippen molar-refractivity contribution in [2.45, 2.75) is 51.3 Å². The van der Waals surface area contributed by atoms with Crippen molar-refractivity contribution in [3.05, 3.63) is 16.5 Å². The van der Waals surface area contributed by atoms with Gasteiger partial charge >= 0.3 is 0 Å². The molecule has 0 saturated carbocycles. The van der Waals surface area contributed by atoms with Crippen LogP contribution in [-0.2, 0) is 16.6 Å². The Hall–Kier alpha value is -0.430. The summed E-state index contributed by atoms with van der Waals surface area (Å²) < 4.78 is 27.5. The van der Waals surface area contributed by atoms with Crippen LogP contribution in [0.5, 0.6) is 0 Å². The Bertz CT molecular complexity index is 507. The van der Waals surface area contributed by atoms with Crippen molar-refractivity contribution in [2.75, 3.05) is 13.1 Å². The maximum Gasteiger partial charge on any atom is 0.250 e. The summed E-state index contributed by atoms with van der Waals surface area (Å²) in [5, 5.41) is 3.23. The van der Waals surface area contributed by atoms with Crippen LogP contribution in [0, 0.1) is 12.8 Å². The van der Waals surface area contributed by atoms with Gasteiger partial charge < -0.3 is 5.32 Å². The van der Waals surface area contributed by atoms with Crippen LogP contribution in [-0.4, -0.2) is 21.5 Å². The van der Waals surface area contributed by atoms with Gasteiger partial charge in [0.15, 0.2) is 0 Å². The molecule has 4 nitrogen and oxygen atoms in total.